The highest BCUT2D eigenvalue weighted by Gasteiger charge is 2.40. The zero-order valence-electron chi connectivity index (χ0n) is 52.8. The first-order chi connectivity index (χ1) is 41.4. The third-order valence-electron chi connectivity index (χ3n) is 13.6. The van der Waals surface area contributed by atoms with Gasteiger partial charge < -0.3 is 70.7 Å². The number of hydrogen-bond acceptors (Lipinski definition) is 17. The summed E-state index contributed by atoms with van der Waals surface area (Å²) in [5.41, 5.74) is 4.14. The summed E-state index contributed by atoms with van der Waals surface area (Å²) in [4.78, 5) is 29.3. The molecule has 0 radical (unpaired) electrons. The van der Waals surface area contributed by atoms with Crippen LogP contribution in [-0.2, 0) is 40.8 Å². The van der Waals surface area contributed by atoms with Crippen molar-refractivity contribution in [3.05, 3.63) is 94.5 Å². The van der Waals surface area contributed by atoms with Crippen molar-refractivity contribution in [2.24, 2.45) is 0 Å². The van der Waals surface area contributed by atoms with Gasteiger partial charge in [0, 0.05) is 131 Å². The first-order valence-corrected chi connectivity index (χ1v) is 35.0. The van der Waals surface area contributed by atoms with Crippen molar-refractivity contribution in [2.45, 2.75) is 146 Å². The van der Waals surface area contributed by atoms with E-state index in [9.17, 15) is 20.1 Å². The number of amides is 2. The van der Waals surface area contributed by atoms with Gasteiger partial charge in [0.1, 0.15) is 40.7 Å². The Labute approximate surface area is 510 Å². The fraction of sp³-hybridized carbons (Fsp3) is 0.594. The van der Waals surface area contributed by atoms with E-state index in [1.807, 2.05) is 90.1 Å². The van der Waals surface area contributed by atoms with Gasteiger partial charge >= 0.3 is 29.8 Å². The molecule has 2 aromatic rings. The minimum absolute atomic E-state index is 0.0410. The summed E-state index contributed by atoms with van der Waals surface area (Å²) in [7, 11) is -5.52. The van der Waals surface area contributed by atoms with Gasteiger partial charge in [-0.05, 0) is 194 Å². The topological polar surface area (TPSA) is 214 Å². The maximum atomic E-state index is 12.4. The van der Waals surface area contributed by atoms with E-state index in [2.05, 4.69) is 72.4 Å². The lowest BCUT2D eigenvalue weighted by atomic mass is 10.0. The van der Waals surface area contributed by atoms with Gasteiger partial charge in [0.2, 0.25) is 0 Å². The predicted molar refractivity (Wildman–Crippen MR) is 340 cm³/mol. The Hall–Kier alpha value is -6.15. The maximum absolute atomic E-state index is 12.4. The molecule has 85 heavy (non-hydrogen) atoms. The van der Waals surface area contributed by atoms with E-state index < -0.39 is 29.8 Å². The zero-order chi connectivity index (χ0) is 62.0. The number of carbonyl (C=O) groups excluding carboxylic acids is 2. The molecule has 0 spiro atoms. The molecule has 2 aromatic carbocycles. The first kappa shape index (κ1) is 73.1. The van der Waals surface area contributed by atoms with Crippen molar-refractivity contribution in [3.63, 3.8) is 0 Å². The van der Waals surface area contributed by atoms with E-state index in [0.29, 0.717) is 133 Å². The van der Waals surface area contributed by atoms with Gasteiger partial charge in [-0.15, -0.1) is 0 Å². The van der Waals surface area contributed by atoms with Crippen LogP contribution in [0.15, 0.2) is 83.4 Å². The van der Waals surface area contributed by atoms with Crippen LogP contribution in [0.5, 0.6) is 11.5 Å². The molecule has 19 nitrogen and oxygen atoms in total. The summed E-state index contributed by atoms with van der Waals surface area (Å²) in [5.74, 6) is 2.30. The predicted octanol–water partition coefficient (Wildman–Crippen LogP) is 13.5. The number of anilines is 2. The molecule has 0 unspecified atom stereocenters. The molecule has 0 saturated heterocycles. The molecule has 0 saturated carbocycles. The Morgan fingerprint density at radius 2 is 0.847 bits per heavy atom. The summed E-state index contributed by atoms with van der Waals surface area (Å²) >= 11 is 0. The lowest BCUT2D eigenvalue weighted by Gasteiger charge is -2.28. The lowest BCUT2D eigenvalue weighted by Crippen LogP contribution is -2.46. The molecule has 2 amide bonds. The molecule has 3 rings (SSSR count). The van der Waals surface area contributed by atoms with Crippen LogP contribution < -0.4 is 29.9 Å². The second kappa shape index (κ2) is 43.5. The largest absolute Gasteiger partial charge is 0.500 e. The molecular formula is C64H100N6O13Si2. The second-order valence-electron chi connectivity index (χ2n) is 19.5. The third kappa shape index (κ3) is 27.4. The number of nitrogens with one attached hydrogen (secondary N) is 2. The summed E-state index contributed by atoms with van der Waals surface area (Å²) in [6.07, 6.45) is 17.9. The summed E-state index contributed by atoms with van der Waals surface area (Å²) < 4.78 is 65.7. The van der Waals surface area contributed by atoms with Gasteiger partial charge in [0.15, 0.2) is 0 Å². The molecule has 0 aromatic heterocycles. The molecule has 0 aliphatic carbocycles. The number of carbonyl (C=O) groups is 2. The minimum Gasteiger partial charge on any atom is -0.493 e. The van der Waals surface area contributed by atoms with Crippen LogP contribution in [0.25, 0.3) is 12.2 Å². The van der Waals surface area contributed by atoms with Crippen LogP contribution in [0, 0.1) is 22.7 Å². The number of ether oxygens (including phenoxy) is 5. The molecule has 472 valence electrons. The molecule has 0 atom stereocenters. The van der Waals surface area contributed by atoms with E-state index in [0.717, 1.165) is 100 Å². The van der Waals surface area contributed by atoms with E-state index >= 15 is 0 Å². The quantitative estimate of drug-likeness (QED) is 0.0358. The second-order valence-corrected chi connectivity index (χ2v) is 25.0. The normalized spacial score (nSPS) is 12.5. The lowest BCUT2D eigenvalue weighted by molar-refractivity contribution is 0.0699. The van der Waals surface area contributed by atoms with E-state index in [1.165, 1.54) is 0 Å². The Morgan fingerprint density at radius 3 is 1.18 bits per heavy atom. The number of unbranched alkanes of at least 4 members (excludes halogenated alkanes) is 6. The van der Waals surface area contributed by atoms with E-state index in [4.69, 9.17) is 50.2 Å². The highest BCUT2D eigenvalue weighted by Crippen LogP contribution is 2.32. The highest BCUT2D eigenvalue weighted by atomic mass is 28.4. The number of hydrogen-bond donors (Lipinski definition) is 2. The number of allylic oxidation sites excluding steroid dienone is 6. The third-order valence-corrected chi connectivity index (χ3v) is 19.9. The average Bonchev–Trinajstić information content (AvgIpc) is 3.59. The van der Waals surface area contributed by atoms with Crippen molar-refractivity contribution < 1.29 is 59.8 Å². The van der Waals surface area contributed by atoms with Crippen LogP contribution >= 0.6 is 0 Å². The number of nitrogens with zero attached hydrogens (tertiary/aromatic N) is 4. The Kier molecular flexibility index (Phi) is 37.4. The molecule has 0 bridgehead atoms. The van der Waals surface area contributed by atoms with Crippen LogP contribution in [0.2, 0.25) is 12.1 Å². The maximum Gasteiger partial charge on any atom is 0.500 e. The van der Waals surface area contributed by atoms with Gasteiger partial charge in [-0.1, -0.05) is 0 Å². The summed E-state index contributed by atoms with van der Waals surface area (Å²) in [6, 6.07) is 17.6. The highest BCUT2D eigenvalue weighted by molar-refractivity contribution is 6.61. The molecule has 2 N–H and O–H groups in total. The summed E-state index contributed by atoms with van der Waals surface area (Å²) in [6.45, 7) is 28.9. The fourth-order valence-corrected chi connectivity index (χ4v) is 14.6. The van der Waals surface area contributed by atoms with Crippen molar-refractivity contribution >= 4 is 53.3 Å². The van der Waals surface area contributed by atoms with Gasteiger partial charge in [0.05, 0.1) is 26.4 Å². The standard InChI is InChI=1S/C64H100N6O13Si2/c1-11-69(12-2)57-35-31-53(61(49-57)73-41-25-21-23-27-43-75-63(71)67-39-29-45-84(77-15-5,78-16-6)79-17-7)33-37-59-47-55(56(51-65)52-66)48-60(83-59)38-34-54-32-36-58(70(13-3)14-4)50-62(54)74-42-26-22-24-28-44-76-64(72)68-40-30-46-85(80-18-8,81-19-9)82-20-10/h31-38,47-50H,11-30,39-46H2,1-10H3,(H,67,71)(H,68,72)/b37-33+,38-34+. The fourth-order valence-electron chi connectivity index (χ4n) is 9.40. The van der Waals surface area contributed by atoms with Crippen molar-refractivity contribution in [1.29, 1.82) is 10.5 Å². The molecule has 1 aliphatic rings. The number of alkyl carbamates (subject to hydrolysis) is 2. The molecule has 21 heteroatoms. The molecule has 0 fully saturated rings. The van der Waals surface area contributed by atoms with Crippen molar-refractivity contribution in [2.75, 3.05) is 115 Å². The Bertz CT molecular complexity index is 2300. The number of nitriles is 2. The monoisotopic (exact) mass is 1220 g/mol. The van der Waals surface area contributed by atoms with Crippen LogP contribution in [0.1, 0.15) is 145 Å². The van der Waals surface area contributed by atoms with E-state index in [-0.39, 0.29) is 5.57 Å². The summed E-state index contributed by atoms with van der Waals surface area (Å²) in [5, 5.41) is 25.6. The number of benzene rings is 2. The zero-order valence-corrected chi connectivity index (χ0v) is 54.8. The minimum atomic E-state index is -2.76. The van der Waals surface area contributed by atoms with Crippen LogP contribution in [-0.4, -0.2) is 135 Å². The Balaban J connectivity index is 1.62. The van der Waals surface area contributed by atoms with Gasteiger partial charge in [0.25, 0.3) is 0 Å². The van der Waals surface area contributed by atoms with Gasteiger partial charge in [-0.3, -0.25) is 0 Å². The first-order valence-electron chi connectivity index (χ1n) is 31.1. The van der Waals surface area contributed by atoms with Gasteiger partial charge in [-0.2, -0.15) is 10.5 Å². The van der Waals surface area contributed by atoms with Crippen molar-refractivity contribution in [1.82, 2.24) is 10.6 Å². The van der Waals surface area contributed by atoms with Crippen LogP contribution in [0.3, 0.4) is 0 Å². The smallest absolute Gasteiger partial charge is 0.493 e. The van der Waals surface area contributed by atoms with Crippen LogP contribution in [0.4, 0.5) is 21.0 Å². The SMILES string of the molecule is CCO[Si](CCCNC(=O)OCCCCCCOc1cc(N(CC)CC)ccc1/C=C/C1=CC(=C(C#N)C#N)C=C(/C=C/c2ccc(N(CC)CC)cc2OCCCCCCOC(=O)NCCC[Si](OCC)(OCC)OCC)O1)(OCC)OCC. The van der Waals surface area contributed by atoms with Gasteiger partial charge in [-0.25, -0.2) is 9.59 Å². The molecular weight excluding hydrogens is 1120 g/mol. The Morgan fingerprint density at radius 1 is 0.494 bits per heavy atom. The van der Waals surface area contributed by atoms with E-state index in [1.54, 1.807) is 12.2 Å². The van der Waals surface area contributed by atoms with Crippen molar-refractivity contribution in [3.8, 4) is 23.6 Å². The number of rotatable bonds is 46. The molecule has 1 aliphatic heterocycles. The average molecular weight is 1220 g/mol. The molecule has 1 heterocycles.